The number of hydrogen-bond acceptors (Lipinski definition) is 5. The average Bonchev–Trinajstić information content (AvgIpc) is 2.43. The molecule has 22 heavy (non-hydrogen) atoms. The Kier molecular flexibility index (Phi) is 7.16. The molecule has 2 N–H and O–H groups in total. The molecule has 0 spiro atoms. The molecule has 0 saturated carbocycles. The summed E-state index contributed by atoms with van der Waals surface area (Å²) in [5.74, 6) is -0.0582. The van der Waals surface area contributed by atoms with Crippen molar-refractivity contribution in [1.82, 2.24) is 5.32 Å². The molecule has 7 heteroatoms. The maximum absolute atomic E-state index is 11.5. The summed E-state index contributed by atoms with van der Waals surface area (Å²) >= 11 is 6.05. The molecule has 2 aromatic rings. The molecule has 5 nitrogen and oxygen atoms in total. The number of benzene rings is 1. The number of phenolic OH excluding ortho intramolecular Hbond substituents is 1. The first-order chi connectivity index (χ1) is 10.0. The van der Waals surface area contributed by atoms with Gasteiger partial charge in [0.2, 0.25) is 0 Å². The lowest BCUT2D eigenvalue weighted by molar-refractivity contribution is 0.194. The minimum Gasteiger partial charge on any atom is -0.506 e. The number of hydrogen-bond donors (Lipinski definition) is 2. The van der Waals surface area contributed by atoms with E-state index in [9.17, 15) is 9.90 Å². The average molecular weight is 348 g/mol. The molecule has 0 radical (unpaired) electrons. The van der Waals surface area contributed by atoms with E-state index in [1.54, 1.807) is 13.2 Å². The SMILES string of the molecule is COCCCNCc1c(O)c(Cl)cc2c(C)cc(=O)oc12.Cl. The Bertz CT molecular complexity index is 700. The maximum atomic E-state index is 11.5. The van der Waals surface area contributed by atoms with Gasteiger partial charge in [-0.1, -0.05) is 11.6 Å². The lowest BCUT2D eigenvalue weighted by Crippen LogP contribution is -2.17. The van der Waals surface area contributed by atoms with Gasteiger partial charge in [-0.15, -0.1) is 12.4 Å². The molecule has 0 fully saturated rings. The third kappa shape index (κ3) is 4.14. The summed E-state index contributed by atoms with van der Waals surface area (Å²) in [4.78, 5) is 11.5. The molecular weight excluding hydrogens is 329 g/mol. The second-order valence-electron chi connectivity index (χ2n) is 4.83. The van der Waals surface area contributed by atoms with Gasteiger partial charge in [0.1, 0.15) is 11.3 Å². The second-order valence-corrected chi connectivity index (χ2v) is 5.24. The number of halogens is 2. The van der Waals surface area contributed by atoms with Crippen molar-refractivity contribution in [3.05, 3.63) is 38.7 Å². The fourth-order valence-electron chi connectivity index (χ4n) is 2.19. The predicted octanol–water partition coefficient (Wildman–Crippen LogP) is 3.01. The Balaban J connectivity index is 0.00000242. The Morgan fingerprint density at radius 3 is 2.82 bits per heavy atom. The van der Waals surface area contributed by atoms with Crippen LogP contribution in [-0.2, 0) is 11.3 Å². The van der Waals surface area contributed by atoms with Crippen LogP contribution in [0.4, 0.5) is 0 Å². The van der Waals surface area contributed by atoms with E-state index in [4.69, 9.17) is 20.8 Å². The van der Waals surface area contributed by atoms with Crippen molar-refractivity contribution in [3.8, 4) is 5.75 Å². The molecule has 1 aromatic heterocycles. The molecule has 0 atom stereocenters. The number of ether oxygens (including phenoxy) is 1. The van der Waals surface area contributed by atoms with Gasteiger partial charge in [-0.3, -0.25) is 0 Å². The molecule has 0 aliphatic rings. The van der Waals surface area contributed by atoms with Crippen LogP contribution in [0.3, 0.4) is 0 Å². The van der Waals surface area contributed by atoms with E-state index < -0.39 is 5.63 Å². The summed E-state index contributed by atoms with van der Waals surface area (Å²) < 4.78 is 10.2. The minimum absolute atomic E-state index is 0. The lowest BCUT2D eigenvalue weighted by atomic mass is 10.1. The van der Waals surface area contributed by atoms with E-state index >= 15 is 0 Å². The highest BCUT2D eigenvalue weighted by atomic mass is 35.5. The Morgan fingerprint density at radius 1 is 1.41 bits per heavy atom. The Hall–Kier alpha value is -1.27. The van der Waals surface area contributed by atoms with E-state index in [1.807, 2.05) is 6.92 Å². The van der Waals surface area contributed by atoms with Crippen molar-refractivity contribution < 1.29 is 14.3 Å². The van der Waals surface area contributed by atoms with Crippen molar-refractivity contribution >= 4 is 35.0 Å². The number of aromatic hydroxyl groups is 1. The van der Waals surface area contributed by atoms with Crippen LogP contribution in [0.15, 0.2) is 21.3 Å². The third-order valence-corrected chi connectivity index (χ3v) is 3.56. The standard InChI is InChI=1S/C15H18ClNO4.ClH/c1-9-6-13(18)21-15-10(9)7-12(16)14(19)11(15)8-17-4-3-5-20-2;/h6-7,17,19H,3-5,8H2,1-2H3;1H. The minimum atomic E-state index is -0.442. The van der Waals surface area contributed by atoms with E-state index in [-0.39, 0.29) is 23.2 Å². The smallest absolute Gasteiger partial charge is 0.336 e. The zero-order chi connectivity index (χ0) is 15.4. The van der Waals surface area contributed by atoms with E-state index in [2.05, 4.69) is 5.32 Å². The van der Waals surface area contributed by atoms with Crippen LogP contribution >= 0.6 is 24.0 Å². The first-order valence-corrected chi connectivity index (χ1v) is 7.07. The van der Waals surface area contributed by atoms with E-state index in [0.717, 1.165) is 23.9 Å². The van der Waals surface area contributed by atoms with Gasteiger partial charge >= 0.3 is 5.63 Å². The van der Waals surface area contributed by atoms with Crippen LogP contribution in [0.2, 0.25) is 5.02 Å². The zero-order valence-electron chi connectivity index (χ0n) is 12.4. The number of methoxy groups -OCH3 is 1. The van der Waals surface area contributed by atoms with Crippen molar-refractivity contribution in [1.29, 1.82) is 0 Å². The van der Waals surface area contributed by atoms with Gasteiger partial charge in [0.05, 0.1) is 10.6 Å². The lowest BCUT2D eigenvalue weighted by Gasteiger charge is -2.11. The summed E-state index contributed by atoms with van der Waals surface area (Å²) in [7, 11) is 1.65. The molecule has 2 rings (SSSR count). The van der Waals surface area contributed by atoms with Gasteiger partial charge in [-0.2, -0.15) is 0 Å². The number of aryl methyl sites for hydroxylation is 1. The number of fused-ring (bicyclic) bond motifs is 1. The monoisotopic (exact) mass is 347 g/mol. The van der Waals surface area contributed by atoms with Gasteiger partial charge in [0.25, 0.3) is 0 Å². The van der Waals surface area contributed by atoms with E-state index in [0.29, 0.717) is 24.3 Å². The molecule has 0 saturated heterocycles. The van der Waals surface area contributed by atoms with Crippen LogP contribution < -0.4 is 10.9 Å². The first-order valence-electron chi connectivity index (χ1n) is 6.69. The Morgan fingerprint density at radius 2 is 2.14 bits per heavy atom. The second kappa shape index (κ2) is 8.39. The molecule has 0 unspecified atom stereocenters. The molecule has 0 aliphatic heterocycles. The van der Waals surface area contributed by atoms with Crippen molar-refractivity contribution in [3.63, 3.8) is 0 Å². The number of phenols is 1. The van der Waals surface area contributed by atoms with E-state index in [1.165, 1.54) is 6.07 Å². The highest BCUT2D eigenvalue weighted by molar-refractivity contribution is 6.33. The zero-order valence-corrected chi connectivity index (χ0v) is 14.0. The van der Waals surface area contributed by atoms with Gasteiger partial charge in [-0.25, -0.2) is 4.79 Å². The van der Waals surface area contributed by atoms with Gasteiger partial charge in [0, 0.05) is 31.7 Å². The molecule has 122 valence electrons. The summed E-state index contributed by atoms with van der Waals surface area (Å²) in [6.07, 6.45) is 0.846. The molecular formula is C15H19Cl2NO4. The molecule has 0 amide bonds. The number of rotatable bonds is 6. The summed E-state index contributed by atoms with van der Waals surface area (Å²) in [5.41, 5.74) is 1.20. The van der Waals surface area contributed by atoms with Gasteiger partial charge in [0.15, 0.2) is 0 Å². The maximum Gasteiger partial charge on any atom is 0.336 e. The summed E-state index contributed by atoms with van der Waals surface area (Å²) in [6, 6.07) is 3.02. The summed E-state index contributed by atoms with van der Waals surface area (Å²) in [6.45, 7) is 3.54. The van der Waals surface area contributed by atoms with Crippen LogP contribution in [0, 0.1) is 6.92 Å². The highest BCUT2D eigenvalue weighted by Crippen LogP contribution is 2.35. The van der Waals surface area contributed by atoms with Crippen LogP contribution in [-0.4, -0.2) is 25.4 Å². The van der Waals surface area contributed by atoms with Crippen molar-refractivity contribution in [2.24, 2.45) is 0 Å². The van der Waals surface area contributed by atoms with Crippen molar-refractivity contribution in [2.75, 3.05) is 20.3 Å². The predicted molar refractivity (Wildman–Crippen MR) is 89.3 cm³/mol. The van der Waals surface area contributed by atoms with Gasteiger partial charge in [-0.05, 0) is 31.5 Å². The fourth-order valence-corrected chi connectivity index (χ4v) is 2.41. The van der Waals surface area contributed by atoms with Crippen LogP contribution in [0.25, 0.3) is 11.0 Å². The molecule has 1 heterocycles. The van der Waals surface area contributed by atoms with Crippen LogP contribution in [0.5, 0.6) is 5.75 Å². The normalized spacial score (nSPS) is 10.7. The van der Waals surface area contributed by atoms with Crippen molar-refractivity contribution in [2.45, 2.75) is 19.9 Å². The molecule has 0 aliphatic carbocycles. The topological polar surface area (TPSA) is 71.7 Å². The summed E-state index contributed by atoms with van der Waals surface area (Å²) in [5, 5.41) is 14.3. The Labute approximate surface area is 139 Å². The fraction of sp³-hybridized carbons (Fsp3) is 0.400. The third-order valence-electron chi connectivity index (χ3n) is 3.27. The largest absolute Gasteiger partial charge is 0.506 e. The molecule has 0 bridgehead atoms. The number of nitrogens with one attached hydrogen (secondary N) is 1. The first kappa shape index (κ1) is 18.8. The molecule has 1 aromatic carbocycles. The van der Waals surface area contributed by atoms with Gasteiger partial charge < -0.3 is 19.6 Å². The quantitative estimate of drug-likeness (QED) is 0.620. The highest BCUT2D eigenvalue weighted by Gasteiger charge is 2.15. The van der Waals surface area contributed by atoms with Crippen LogP contribution in [0.1, 0.15) is 17.5 Å².